The zero-order valence-electron chi connectivity index (χ0n) is 9.77. The molecule has 3 nitrogen and oxygen atoms in total. The molecule has 2 rings (SSSR count). The standard InChI is InChI=1S/C14H12ClNO2/c1-9-2-4-10(5-3-9)11-6-7-13(15)12(8-11)14(17)16-18/h2-8,18H,1H3,(H,16,17). The highest BCUT2D eigenvalue weighted by atomic mass is 35.5. The van der Waals surface area contributed by atoms with Gasteiger partial charge in [-0.05, 0) is 30.2 Å². The number of carbonyl (C=O) groups is 1. The highest BCUT2D eigenvalue weighted by molar-refractivity contribution is 6.33. The number of hydroxylamine groups is 1. The molecule has 0 spiro atoms. The van der Waals surface area contributed by atoms with Crippen LogP contribution in [0.4, 0.5) is 0 Å². The molecule has 0 saturated heterocycles. The molecule has 2 aromatic carbocycles. The highest BCUT2D eigenvalue weighted by Gasteiger charge is 2.10. The van der Waals surface area contributed by atoms with Crippen LogP contribution >= 0.6 is 11.6 Å². The molecule has 1 amide bonds. The number of aryl methyl sites for hydroxylation is 1. The Bertz CT molecular complexity index is 579. The van der Waals surface area contributed by atoms with Crippen LogP contribution in [-0.4, -0.2) is 11.1 Å². The van der Waals surface area contributed by atoms with Gasteiger partial charge in [-0.1, -0.05) is 47.5 Å². The maximum absolute atomic E-state index is 11.4. The molecule has 0 unspecified atom stereocenters. The van der Waals surface area contributed by atoms with E-state index >= 15 is 0 Å². The van der Waals surface area contributed by atoms with Gasteiger partial charge in [-0.15, -0.1) is 0 Å². The van der Waals surface area contributed by atoms with Crippen LogP contribution in [0.15, 0.2) is 42.5 Å². The van der Waals surface area contributed by atoms with Crippen molar-refractivity contribution in [3.05, 3.63) is 58.6 Å². The third-order valence-electron chi connectivity index (χ3n) is 2.70. The van der Waals surface area contributed by atoms with E-state index in [1.165, 1.54) is 5.56 Å². The molecule has 0 saturated carbocycles. The van der Waals surface area contributed by atoms with Gasteiger partial charge >= 0.3 is 0 Å². The number of benzene rings is 2. The number of rotatable bonds is 2. The van der Waals surface area contributed by atoms with Crippen LogP contribution in [0.1, 0.15) is 15.9 Å². The molecule has 0 bridgehead atoms. The number of carbonyl (C=O) groups excluding carboxylic acids is 1. The predicted molar refractivity (Wildman–Crippen MR) is 70.9 cm³/mol. The third kappa shape index (κ3) is 2.53. The normalized spacial score (nSPS) is 10.2. The van der Waals surface area contributed by atoms with Crippen LogP contribution in [0.5, 0.6) is 0 Å². The van der Waals surface area contributed by atoms with Crippen LogP contribution in [0.2, 0.25) is 5.02 Å². The Morgan fingerprint density at radius 2 is 1.72 bits per heavy atom. The molecule has 0 radical (unpaired) electrons. The van der Waals surface area contributed by atoms with Crippen LogP contribution in [0.25, 0.3) is 11.1 Å². The van der Waals surface area contributed by atoms with Crippen molar-refractivity contribution in [3.63, 3.8) is 0 Å². The van der Waals surface area contributed by atoms with Crippen molar-refractivity contribution in [2.45, 2.75) is 6.92 Å². The minimum Gasteiger partial charge on any atom is -0.288 e. The predicted octanol–water partition coefficient (Wildman–Crippen LogP) is 3.43. The lowest BCUT2D eigenvalue weighted by atomic mass is 10.0. The second-order valence-electron chi connectivity index (χ2n) is 4.00. The van der Waals surface area contributed by atoms with E-state index in [4.69, 9.17) is 16.8 Å². The first-order chi connectivity index (χ1) is 8.61. The smallest absolute Gasteiger partial charge is 0.276 e. The summed E-state index contributed by atoms with van der Waals surface area (Å²) >= 11 is 5.91. The molecule has 0 aliphatic rings. The van der Waals surface area contributed by atoms with Crippen LogP contribution in [0.3, 0.4) is 0 Å². The van der Waals surface area contributed by atoms with E-state index in [9.17, 15) is 4.79 Å². The second-order valence-corrected chi connectivity index (χ2v) is 4.41. The molecule has 0 aromatic heterocycles. The van der Waals surface area contributed by atoms with Gasteiger partial charge in [0.15, 0.2) is 0 Å². The Labute approximate surface area is 110 Å². The Balaban J connectivity index is 2.46. The summed E-state index contributed by atoms with van der Waals surface area (Å²) in [6, 6.07) is 13.1. The van der Waals surface area contributed by atoms with Crippen molar-refractivity contribution >= 4 is 17.5 Å². The summed E-state index contributed by atoms with van der Waals surface area (Å²) in [6.45, 7) is 2.01. The van der Waals surface area contributed by atoms with Crippen molar-refractivity contribution in [2.75, 3.05) is 0 Å². The summed E-state index contributed by atoms with van der Waals surface area (Å²) in [6.07, 6.45) is 0. The minimum absolute atomic E-state index is 0.247. The first-order valence-electron chi connectivity index (χ1n) is 5.43. The molecule has 2 N–H and O–H groups in total. The summed E-state index contributed by atoms with van der Waals surface area (Å²) in [5.41, 5.74) is 4.86. The van der Waals surface area contributed by atoms with Crippen LogP contribution < -0.4 is 5.48 Å². The monoisotopic (exact) mass is 261 g/mol. The zero-order chi connectivity index (χ0) is 13.1. The number of amides is 1. The van der Waals surface area contributed by atoms with E-state index < -0.39 is 5.91 Å². The average molecular weight is 262 g/mol. The van der Waals surface area contributed by atoms with Gasteiger partial charge in [0.2, 0.25) is 0 Å². The third-order valence-corrected chi connectivity index (χ3v) is 3.03. The maximum Gasteiger partial charge on any atom is 0.276 e. The molecule has 4 heteroatoms. The van der Waals surface area contributed by atoms with Gasteiger partial charge in [0.25, 0.3) is 5.91 Å². The number of halogens is 1. The minimum atomic E-state index is -0.617. The summed E-state index contributed by atoms with van der Waals surface area (Å²) in [7, 11) is 0. The van der Waals surface area contributed by atoms with Gasteiger partial charge in [0, 0.05) is 0 Å². The molecule has 0 aliphatic carbocycles. The molecule has 0 atom stereocenters. The summed E-state index contributed by atoms with van der Waals surface area (Å²) in [5, 5.41) is 8.96. The maximum atomic E-state index is 11.4. The molecule has 0 fully saturated rings. The second kappa shape index (κ2) is 5.21. The molecular formula is C14H12ClNO2. The van der Waals surface area contributed by atoms with Crippen LogP contribution in [-0.2, 0) is 0 Å². The summed E-state index contributed by atoms with van der Waals surface area (Å²) in [4.78, 5) is 11.4. The fraction of sp³-hybridized carbons (Fsp3) is 0.0714. The average Bonchev–Trinajstić information content (AvgIpc) is 2.39. The molecule has 92 valence electrons. The van der Waals surface area contributed by atoms with Crippen molar-refractivity contribution in [3.8, 4) is 11.1 Å². The fourth-order valence-electron chi connectivity index (χ4n) is 1.69. The van der Waals surface area contributed by atoms with Crippen molar-refractivity contribution in [1.29, 1.82) is 0 Å². The lowest BCUT2D eigenvalue weighted by Crippen LogP contribution is -2.19. The summed E-state index contributed by atoms with van der Waals surface area (Å²) in [5.74, 6) is -0.617. The Hall–Kier alpha value is -1.84. The molecular weight excluding hydrogens is 250 g/mol. The van der Waals surface area contributed by atoms with Gasteiger partial charge in [-0.2, -0.15) is 0 Å². The Morgan fingerprint density at radius 1 is 1.11 bits per heavy atom. The van der Waals surface area contributed by atoms with E-state index in [0.29, 0.717) is 5.02 Å². The molecule has 0 aliphatic heterocycles. The quantitative estimate of drug-likeness (QED) is 0.643. The zero-order valence-corrected chi connectivity index (χ0v) is 10.5. The van der Waals surface area contributed by atoms with Crippen molar-refractivity contribution in [2.24, 2.45) is 0 Å². The Morgan fingerprint density at radius 3 is 2.33 bits per heavy atom. The van der Waals surface area contributed by atoms with E-state index in [1.54, 1.807) is 17.6 Å². The van der Waals surface area contributed by atoms with E-state index in [0.717, 1.165) is 11.1 Å². The number of hydrogen-bond donors (Lipinski definition) is 2. The Kier molecular flexibility index (Phi) is 3.65. The first-order valence-corrected chi connectivity index (χ1v) is 5.80. The number of hydrogen-bond acceptors (Lipinski definition) is 2. The van der Waals surface area contributed by atoms with Gasteiger partial charge in [0.05, 0.1) is 10.6 Å². The highest BCUT2D eigenvalue weighted by Crippen LogP contribution is 2.25. The topological polar surface area (TPSA) is 49.3 Å². The van der Waals surface area contributed by atoms with Crippen molar-refractivity contribution in [1.82, 2.24) is 5.48 Å². The van der Waals surface area contributed by atoms with Gasteiger partial charge in [0.1, 0.15) is 0 Å². The van der Waals surface area contributed by atoms with Crippen molar-refractivity contribution < 1.29 is 10.0 Å². The van der Waals surface area contributed by atoms with Gasteiger partial charge in [-0.3, -0.25) is 10.0 Å². The molecule has 18 heavy (non-hydrogen) atoms. The molecule has 0 heterocycles. The number of nitrogens with one attached hydrogen (secondary N) is 1. The van der Waals surface area contributed by atoms with Gasteiger partial charge in [-0.25, -0.2) is 5.48 Å². The SMILES string of the molecule is Cc1ccc(-c2ccc(Cl)c(C(=O)NO)c2)cc1. The van der Waals surface area contributed by atoms with E-state index in [2.05, 4.69) is 0 Å². The van der Waals surface area contributed by atoms with Crippen LogP contribution in [0, 0.1) is 6.92 Å². The lowest BCUT2D eigenvalue weighted by molar-refractivity contribution is 0.0706. The summed E-state index contributed by atoms with van der Waals surface area (Å²) < 4.78 is 0. The van der Waals surface area contributed by atoms with E-state index in [-0.39, 0.29) is 5.56 Å². The van der Waals surface area contributed by atoms with Gasteiger partial charge < -0.3 is 0 Å². The molecule has 2 aromatic rings. The largest absolute Gasteiger partial charge is 0.288 e. The first kappa shape index (κ1) is 12.6. The fourth-order valence-corrected chi connectivity index (χ4v) is 1.89. The van der Waals surface area contributed by atoms with E-state index in [1.807, 2.05) is 37.3 Å². The lowest BCUT2D eigenvalue weighted by Gasteiger charge is -2.07.